The Morgan fingerprint density at radius 3 is 2.70 bits per heavy atom. The highest BCUT2D eigenvalue weighted by Crippen LogP contribution is 2.02. The number of rotatable bonds is 7. The predicted octanol–water partition coefficient (Wildman–Crippen LogP) is 0.283. The van der Waals surface area contributed by atoms with E-state index in [1.807, 2.05) is 6.92 Å². The molecule has 1 aliphatic rings. The number of nitrogens with one attached hydrogen (secondary N) is 2. The zero-order chi connectivity index (χ0) is 16.5. The lowest BCUT2D eigenvalue weighted by Crippen LogP contribution is -2.41. The largest absolute Gasteiger partial charge is 0.379 e. The Hall–Kier alpha value is -1.99. The fourth-order valence-electron chi connectivity index (χ4n) is 2.28. The van der Waals surface area contributed by atoms with Gasteiger partial charge in [-0.05, 0) is 18.6 Å². The number of morpholine rings is 1. The predicted molar refractivity (Wildman–Crippen MR) is 86.5 cm³/mol. The summed E-state index contributed by atoms with van der Waals surface area (Å²) in [5.41, 5.74) is 0.711. The van der Waals surface area contributed by atoms with Crippen molar-refractivity contribution in [1.29, 1.82) is 0 Å². The van der Waals surface area contributed by atoms with Gasteiger partial charge in [-0.3, -0.25) is 19.5 Å². The first-order chi connectivity index (χ1) is 11.2. The third-order valence-corrected chi connectivity index (χ3v) is 3.61. The Balaban J connectivity index is 1.82. The van der Waals surface area contributed by atoms with Gasteiger partial charge in [0.05, 0.1) is 13.2 Å². The van der Waals surface area contributed by atoms with E-state index in [9.17, 15) is 9.59 Å². The first-order valence-corrected chi connectivity index (χ1v) is 8.03. The maximum Gasteiger partial charge on any atom is 0.269 e. The third-order valence-electron chi connectivity index (χ3n) is 3.61. The molecule has 0 unspecified atom stereocenters. The van der Waals surface area contributed by atoms with Crippen molar-refractivity contribution in [1.82, 2.24) is 20.5 Å². The molecule has 0 bridgehead atoms. The normalized spacial score (nSPS) is 15.2. The SMILES string of the molecule is CCCNC(=O)c1cc(C(=O)NCCN2CCOCC2)ccn1. The monoisotopic (exact) mass is 320 g/mol. The molecule has 23 heavy (non-hydrogen) atoms. The highest BCUT2D eigenvalue weighted by atomic mass is 16.5. The smallest absolute Gasteiger partial charge is 0.269 e. The second-order valence-electron chi connectivity index (χ2n) is 5.40. The van der Waals surface area contributed by atoms with Crippen molar-refractivity contribution in [2.24, 2.45) is 0 Å². The van der Waals surface area contributed by atoms with Crippen LogP contribution in [0.1, 0.15) is 34.2 Å². The van der Waals surface area contributed by atoms with Gasteiger partial charge in [-0.2, -0.15) is 0 Å². The summed E-state index contributed by atoms with van der Waals surface area (Å²) in [5, 5.41) is 5.62. The van der Waals surface area contributed by atoms with Crippen LogP contribution in [0.5, 0.6) is 0 Å². The Bertz CT molecular complexity index is 530. The highest BCUT2D eigenvalue weighted by molar-refractivity contribution is 5.98. The summed E-state index contributed by atoms with van der Waals surface area (Å²) in [6.07, 6.45) is 2.34. The van der Waals surface area contributed by atoms with Gasteiger partial charge in [0.1, 0.15) is 5.69 Å². The minimum atomic E-state index is -0.255. The van der Waals surface area contributed by atoms with E-state index >= 15 is 0 Å². The highest BCUT2D eigenvalue weighted by Gasteiger charge is 2.13. The number of pyridine rings is 1. The number of ether oxygens (including phenoxy) is 1. The van der Waals surface area contributed by atoms with Crippen LogP contribution in [0.15, 0.2) is 18.3 Å². The van der Waals surface area contributed by atoms with Crippen LogP contribution in [0.3, 0.4) is 0 Å². The van der Waals surface area contributed by atoms with Gasteiger partial charge in [0.25, 0.3) is 11.8 Å². The van der Waals surface area contributed by atoms with Crippen molar-refractivity contribution in [3.63, 3.8) is 0 Å². The van der Waals surface area contributed by atoms with Gasteiger partial charge in [0.15, 0.2) is 0 Å². The molecule has 1 fully saturated rings. The third kappa shape index (κ3) is 5.61. The lowest BCUT2D eigenvalue weighted by molar-refractivity contribution is 0.0383. The molecule has 0 spiro atoms. The van der Waals surface area contributed by atoms with Crippen LogP contribution in [0.25, 0.3) is 0 Å². The maximum atomic E-state index is 12.2. The summed E-state index contributed by atoms with van der Waals surface area (Å²) in [7, 11) is 0. The van der Waals surface area contributed by atoms with E-state index in [2.05, 4.69) is 20.5 Å². The minimum absolute atomic E-state index is 0.190. The molecule has 1 aliphatic heterocycles. The van der Waals surface area contributed by atoms with Gasteiger partial charge < -0.3 is 15.4 Å². The zero-order valence-corrected chi connectivity index (χ0v) is 13.5. The standard InChI is InChI=1S/C16H24N4O3/c1-2-4-18-16(22)14-12-13(3-5-17-14)15(21)19-6-7-20-8-10-23-11-9-20/h3,5,12H,2,4,6-11H2,1H3,(H,18,22)(H,19,21). The second-order valence-corrected chi connectivity index (χ2v) is 5.40. The van der Waals surface area contributed by atoms with Crippen molar-refractivity contribution in [3.05, 3.63) is 29.6 Å². The fourth-order valence-corrected chi connectivity index (χ4v) is 2.28. The van der Waals surface area contributed by atoms with Crippen molar-refractivity contribution < 1.29 is 14.3 Å². The summed E-state index contributed by atoms with van der Waals surface area (Å²) < 4.78 is 5.29. The van der Waals surface area contributed by atoms with E-state index < -0.39 is 0 Å². The molecule has 0 radical (unpaired) electrons. The van der Waals surface area contributed by atoms with Crippen molar-refractivity contribution in [2.45, 2.75) is 13.3 Å². The molecule has 7 heteroatoms. The Kier molecular flexibility index (Phi) is 6.96. The van der Waals surface area contributed by atoms with Crippen LogP contribution in [0.4, 0.5) is 0 Å². The van der Waals surface area contributed by atoms with E-state index in [4.69, 9.17) is 4.74 Å². The number of carbonyl (C=O) groups excluding carboxylic acids is 2. The van der Waals surface area contributed by atoms with E-state index in [0.29, 0.717) is 18.7 Å². The molecule has 2 rings (SSSR count). The molecule has 0 saturated carbocycles. The summed E-state index contributed by atoms with van der Waals surface area (Å²) >= 11 is 0. The van der Waals surface area contributed by atoms with Crippen LogP contribution in [0.2, 0.25) is 0 Å². The van der Waals surface area contributed by atoms with Crippen molar-refractivity contribution in [3.8, 4) is 0 Å². The van der Waals surface area contributed by atoms with Gasteiger partial charge in [-0.1, -0.05) is 6.92 Å². The summed E-state index contributed by atoms with van der Waals surface area (Å²) in [6.45, 7) is 7.22. The molecular weight excluding hydrogens is 296 g/mol. The number of hydrogen-bond acceptors (Lipinski definition) is 5. The molecule has 0 aliphatic carbocycles. The quantitative estimate of drug-likeness (QED) is 0.754. The Morgan fingerprint density at radius 1 is 1.22 bits per heavy atom. The van der Waals surface area contributed by atoms with Gasteiger partial charge in [0, 0.05) is 44.5 Å². The zero-order valence-electron chi connectivity index (χ0n) is 13.5. The average molecular weight is 320 g/mol. The van der Waals surface area contributed by atoms with Gasteiger partial charge in [-0.25, -0.2) is 0 Å². The molecule has 2 heterocycles. The van der Waals surface area contributed by atoms with Gasteiger partial charge >= 0.3 is 0 Å². The first-order valence-electron chi connectivity index (χ1n) is 8.03. The van der Waals surface area contributed by atoms with E-state index in [1.165, 1.54) is 12.3 Å². The van der Waals surface area contributed by atoms with Gasteiger partial charge in [0.2, 0.25) is 0 Å². The number of hydrogen-bond donors (Lipinski definition) is 2. The first kappa shape index (κ1) is 17.4. The summed E-state index contributed by atoms with van der Waals surface area (Å²) in [5.74, 6) is -0.444. The van der Waals surface area contributed by atoms with Crippen molar-refractivity contribution >= 4 is 11.8 Å². The van der Waals surface area contributed by atoms with Crippen LogP contribution in [0, 0.1) is 0 Å². The number of aromatic nitrogens is 1. The average Bonchev–Trinajstić information content (AvgIpc) is 2.60. The topological polar surface area (TPSA) is 83.6 Å². The number of carbonyl (C=O) groups is 2. The van der Waals surface area contributed by atoms with E-state index in [0.717, 1.165) is 39.3 Å². The van der Waals surface area contributed by atoms with Crippen molar-refractivity contribution in [2.75, 3.05) is 45.9 Å². The molecule has 1 aromatic rings. The van der Waals surface area contributed by atoms with Crippen LogP contribution < -0.4 is 10.6 Å². The maximum absolute atomic E-state index is 12.2. The van der Waals surface area contributed by atoms with Gasteiger partial charge in [-0.15, -0.1) is 0 Å². The Morgan fingerprint density at radius 2 is 1.96 bits per heavy atom. The second kappa shape index (κ2) is 9.22. The minimum Gasteiger partial charge on any atom is -0.379 e. The van der Waals surface area contributed by atoms with Crippen LogP contribution >= 0.6 is 0 Å². The fraction of sp³-hybridized carbons (Fsp3) is 0.562. The van der Waals surface area contributed by atoms with E-state index in [1.54, 1.807) is 6.07 Å². The molecule has 1 aromatic heterocycles. The van der Waals surface area contributed by atoms with Crippen LogP contribution in [-0.2, 0) is 4.74 Å². The lowest BCUT2D eigenvalue weighted by Gasteiger charge is -2.26. The lowest BCUT2D eigenvalue weighted by atomic mass is 10.2. The Labute approximate surface area is 136 Å². The molecule has 126 valence electrons. The summed E-state index contributed by atoms with van der Waals surface area (Å²) in [4.78, 5) is 30.3. The molecular formula is C16H24N4O3. The van der Waals surface area contributed by atoms with E-state index in [-0.39, 0.29) is 17.5 Å². The van der Waals surface area contributed by atoms with Crippen LogP contribution in [-0.4, -0.2) is 67.6 Å². The molecule has 2 N–H and O–H groups in total. The molecule has 0 aromatic carbocycles. The molecule has 2 amide bonds. The summed E-state index contributed by atoms with van der Waals surface area (Å²) in [6, 6.07) is 3.13. The molecule has 0 atom stereocenters. The molecule has 1 saturated heterocycles. The molecule has 7 nitrogen and oxygen atoms in total. The number of amides is 2. The number of nitrogens with zero attached hydrogens (tertiary/aromatic N) is 2.